The lowest BCUT2D eigenvalue weighted by Gasteiger charge is -2.14. The van der Waals surface area contributed by atoms with E-state index >= 15 is 0 Å². The van der Waals surface area contributed by atoms with Gasteiger partial charge in [-0.3, -0.25) is 10.1 Å². The van der Waals surface area contributed by atoms with Gasteiger partial charge < -0.3 is 5.73 Å². The number of allylic oxidation sites excluding steroid dienone is 1. The maximum Gasteiger partial charge on any atom is 0.253 e. The lowest BCUT2D eigenvalue weighted by molar-refractivity contribution is -0.403. The SMILES string of the molecule is CCCC(/C(N)=C/[N+](=O)[O-])c1ccc(Cl)nc1. The van der Waals surface area contributed by atoms with Gasteiger partial charge in [0, 0.05) is 12.1 Å². The summed E-state index contributed by atoms with van der Waals surface area (Å²) < 4.78 is 0. The van der Waals surface area contributed by atoms with E-state index in [0.29, 0.717) is 5.15 Å². The van der Waals surface area contributed by atoms with Gasteiger partial charge in [-0.1, -0.05) is 31.0 Å². The van der Waals surface area contributed by atoms with Crippen molar-refractivity contribution in [1.82, 2.24) is 4.98 Å². The molecule has 1 aromatic heterocycles. The van der Waals surface area contributed by atoms with Crippen molar-refractivity contribution in [3.05, 3.63) is 51.1 Å². The van der Waals surface area contributed by atoms with Gasteiger partial charge in [0.2, 0.25) is 0 Å². The molecule has 92 valence electrons. The van der Waals surface area contributed by atoms with Crippen molar-refractivity contribution in [2.24, 2.45) is 5.73 Å². The molecular weight excluding hydrogens is 242 g/mol. The van der Waals surface area contributed by atoms with Crippen molar-refractivity contribution in [3.8, 4) is 0 Å². The number of hydrogen-bond donors (Lipinski definition) is 1. The van der Waals surface area contributed by atoms with E-state index in [4.69, 9.17) is 17.3 Å². The topological polar surface area (TPSA) is 82.0 Å². The molecule has 2 N–H and O–H groups in total. The average molecular weight is 256 g/mol. The summed E-state index contributed by atoms with van der Waals surface area (Å²) in [7, 11) is 0. The van der Waals surface area contributed by atoms with Crippen LogP contribution in [0.4, 0.5) is 0 Å². The minimum Gasteiger partial charge on any atom is -0.397 e. The molecule has 0 saturated carbocycles. The number of pyridine rings is 1. The second kappa shape index (κ2) is 6.20. The largest absolute Gasteiger partial charge is 0.397 e. The van der Waals surface area contributed by atoms with Crippen molar-refractivity contribution in [2.45, 2.75) is 25.7 Å². The fraction of sp³-hybridized carbons (Fsp3) is 0.364. The monoisotopic (exact) mass is 255 g/mol. The molecule has 0 aliphatic carbocycles. The Morgan fingerprint density at radius 2 is 2.41 bits per heavy atom. The van der Waals surface area contributed by atoms with Gasteiger partial charge in [-0.2, -0.15) is 0 Å². The molecule has 0 saturated heterocycles. The van der Waals surface area contributed by atoms with Gasteiger partial charge >= 0.3 is 0 Å². The standard InChI is InChI=1S/C11H14ClN3O2/c1-2-3-9(10(13)7-15(16)17)8-4-5-11(12)14-6-8/h4-7,9H,2-3,13H2,1H3/b10-7-. The first-order valence-corrected chi connectivity index (χ1v) is 5.64. The number of nitrogens with two attached hydrogens (primary N) is 1. The summed E-state index contributed by atoms with van der Waals surface area (Å²) in [6.07, 6.45) is 4.05. The van der Waals surface area contributed by atoms with Crippen LogP contribution in [0.2, 0.25) is 5.15 Å². The smallest absolute Gasteiger partial charge is 0.253 e. The maximum atomic E-state index is 10.4. The Labute approximate surface area is 104 Å². The summed E-state index contributed by atoms with van der Waals surface area (Å²) in [6.45, 7) is 2.00. The summed E-state index contributed by atoms with van der Waals surface area (Å²) in [4.78, 5) is 13.8. The van der Waals surface area contributed by atoms with Gasteiger partial charge in [0.25, 0.3) is 6.20 Å². The third-order valence-electron chi connectivity index (χ3n) is 2.39. The van der Waals surface area contributed by atoms with E-state index < -0.39 is 4.92 Å². The summed E-state index contributed by atoms with van der Waals surface area (Å²) in [5, 5.41) is 10.8. The maximum absolute atomic E-state index is 10.4. The van der Waals surface area contributed by atoms with E-state index in [9.17, 15) is 10.1 Å². The van der Waals surface area contributed by atoms with E-state index in [0.717, 1.165) is 24.6 Å². The van der Waals surface area contributed by atoms with Crippen LogP contribution in [0.3, 0.4) is 0 Å². The van der Waals surface area contributed by atoms with Gasteiger partial charge in [0.15, 0.2) is 0 Å². The predicted octanol–water partition coefficient (Wildman–Crippen LogP) is 2.70. The first kappa shape index (κ1) is 13.4. The summed E-state index contributed by atoms with van der Waals surface area (Å²) in [6, 6.07) is 3.44. The van der Waals surface area contributed by atoms with Crippen LogP contribution in [-0.2, 0) is 0 Å². The lowest BCUT2D eigenvalue weighted by atomic mass is 9.93. The summed E-state index contributed by atoms with van der Waals surface area (Å²) >= 11 is 5.69. The van der Waals surface area contributed by atoms with E-state index in [-0.39, 0.29) is 11.6 Å². The molecular formula is C11H14ClN3O2. The number of rotatable bonds is 5. The Bertz CT molecular complexity index is 417. The highest BCUT2D eigenvalue weighted by atomic mass is 35.5. The van der Waals surface area contributed by atoms with Crippen molar-refractivity contribution in [2.75, 3.05) is 0 Å². The molecule has 1 rings (SSSR count). The van der Waals surface area contributed by atoms with E-state index in [2.05, 4.69) is 4.98 Å². The third kappa shape index (κ3) is 4.03. The molecule has 17 heavy (non-hydrogen) atoms. The Balaban J connectivity index is 3.00. The fourth-order valence-electron chi connectivity index (χ4n) is 1.62. The van der Waals surface area contributed by atoms with Crippen molar-refractivity contribution in [3.63, 3.8) is 0 Å². The molecule has 6 heteroatoms. The Hall–Kier alpha value is -1.62. The second-order valence-corrected chi connectivity index (χ2v) is 4.06. The summed E-state index contributed by atoms with van der Waals surface area (Å²) in [5.74, 6) is -0.185. The van der Waals surface area contributed by atoms with E-state index in [1.165, 1.54) is 0 Å². The minimum atomic E-state index is -0.540. The first-order chi connectivity index (χ1) is 8.04. The minimum absolute atomic E-state index is 0.185. The van der Waals surface area contributed by atoms with E-state index in [1.807, 2.05) is 6.92 Å². The molecule has 0 fully saturated rings. The van der Waals surface area contributed by atoms with Crippen LogP contribution in [0, 0.1) is 10.1 Å². The second-order valence-electron chi connectivity index (χ2n) is 3.67. The van der Waals surface area contributed by atoms with Gasteiger partial charge in [-0.05, 0) is 18.1 Å². The molecule has 1 atom stereocenters. The number of nitro groups is 1. The molecule has 0 aliphatic heterocycles. The molecule has 0 amide bonds. The van der Waals surface area contributed by atoms with Gasteiger partial charge in [0.05, 0.1) is 10.6 Å². The zero-order valence-electron chi connectivity index (χ0n) is 9.47. The highest BCUT2D eigenvalue weighted by Gasteiger charge is 2.16. The van der Waals surface area contributed by atoms with Crippen molar-refractivity contribution >= 4 is 11.6 Å². The molecule has 1 unspecified atom stereocenters. The van der Waals surface area contributed by atoms with Crippen LogP contribution >= 0.6 is 11.6 Å². The molecule has 1 aromatic rings. The quantitative estimate of drug-likeness (QED) is 0.498. The molecule has 0 bridgehead atoms. The molecule has 0 aliphatic rings. The lowest BCUT2D eigenvalue weighted by Crippen LogP contribution is -2.12. The number of nitrogens with zero attached hydrogens (tertiary/aromatic N) is 2. The van der Waals surface area contributed by atoms with Crippen LogP contribution in [0.1, 0.15) is 31.2 Å². The number of halogens is 1. The Morgan fingerprint density at radius 3 is 2.88 bits per heavy atom. The molecule has 0 spiro atoms. The first-order valence-electron chi connectivity index (χ1n) is 5.26. The van der Waals surface area contributed by atoms with Crippen molar-refractivity contribution < 1.29 is 4.92 Å². The molecule has 0 radical (unpaired) electrons. The van der Waals surface area contributed by atoms with Crippen molar-refractivity contribution in [1.29, 1.82) is 0 Å². The van der Waals surface area contributed by atoms with Crippen LogP contribution in [0.25, 0.3) is 0 Å². The fourth-order valence-corrected chi connectivity index (χ4v) is 1.73. The molecule has 1 heterocycles. The normalized spacial score (nSPS) is 13.4. The zero-order valence-corrected chi connectivity index (χ0v) is 10.2. The summed E-state index contributed by atoms with van der Waals surface area (Å²) in [5.41, 5.74) is 6.81. The van der Waals surface area contributed by atoms with Crippen LogP contribution < -0.4 is 5.73 Å². The highest BCUT2D eigenvalue weighted by molar-refractivity contribution is 6.29. The number of aromatic nitrogens is 1. The number of hydrogen-bond acceptors (Lipinski definition) is 4. The highest BCUT2D eigenvalue weighted by Crippen LogP contribution is 2.26. The Kier molecular flexibility index (Phi) is 4.90. The molecule has 0 aromatic carbocycles. The van der Waals surface area contributed by atoms with Crippen LogP contribution in [0.5, 0.6) is 0 Å². The molecule has 5 nitrogen and oxygen atoms in total. The van der Waals surface area contributed by atoms with Crippen LogP contribution in [-0.4, -0.2) is 9.91 Å². The van der Waals surface area contributed by atoms with Gasteiger partial charge in [-0.15, -0.1) is 0 Å². The van der Waals surface area contributed by atoms with E-state index in [1.54, 1.807) is 18.3 Å². The third-order valence-corrected chi connectivity index (χ3v) is 2.61. The Morgan fingerprint density at radius 1 is 1.71 bits per heavy atom. The zero-order chi connectivity index (χ0) is 12.8. The van der Waals surface area contributed by atoms with Crippen LogP contribution in [0.15, 0.2) is 30.2 Å². The van der Waals surface area contributed by atoms with Gasteiger partial charge in [0.1, 0.15) is 5.15 Å². The average Bonchev–Trinajstić information content (AvgIpc) is 2.26. The predicted molar refractivity (Wildman–Crippen MR) is 66.2 cm³/mol. The van der Waals surface area contributed by atoms with Gasteiger partial charge in [-0.25, -0.2) is 4.98 Å².